The van der Waals surface area contributed by atoms with Gasteiger partial charge in [0.15, 0.2) is 0 Å². The molecule has 5 rings (SSSR count). The van der Waals surface area contributed by atoms with Crippen molar-refractivity contribution in [1.29, 1.82) is 0 Å². The first-order valence-corrected chi connectivity index (χ1v) is 11.7. The molecule has 0 radical (unpaired) electrons. The summed E-state index contributed by atoms with van der Waals surface area (Å²) in [6.07, 6.45) is 4.15. The Morgan fingerprint density at radius 3 is 2.81 bits per heavy atom. The van der Waals surface area contributed by atoms with Gasteiger partial charge in [-0.1, -0.05) is 0 Å². The molecule has 0 saturated carbocycles. The molecule has 32 heavy (non-hydrogen) atoms. The summed E-state index contributed by atoms with van der Waals surface area (Å²) in [7, 11) is 2.18. The average Bonchev–Trinajstić information content (AvgIpc) is 3.24. The van der Waals surface area contributed by atoms with Crippen LogP contribution in [-0.2, 0) is 0 Å². The number of aromatic nitrogens is 4. The smallest absolute Gasteiger partial charge is 0.224 e. The number of nitrogens with zero attached hydrogens (tertiary/aromatic N) is 5. The molecule has 0 amide bonds. The molecule has 9 heteroatoms. The number of piperazine rings is 1. The number of fused-ring (bicyclic) bond motifs is 1. The maximum atomic E-state index is 4.87. The molecule has 9 nitrogen and oxygen atoms in total. The molecule has 4 N–H and O–H groups in total. The van der Waals surface area contributed by atoms with Crippen LogP contribution < -0.4 is 20.9 Å². The topological polar surface area (TPSA) is 97.0 Å². The van der Waals surface area contributed by atoms with Crippen molar-refractivity contribution in [3.05, 3.63) is 24.4 Å². The van der Waals surface area contributed by atoms with E-state index < -0.39 is 0 Å². The summed E-state index contributed by atoms with van der Waals surface area (Å²) in [5.74, 6) is 2.25. The Morgan fingerprint density at radius 2 is 2.03 bits per heavy atom. The van der Waals surface area contributed by atoms with Crippen molar-refractivity contribution in [3.63, 3.8) is 0 Å². The number of likely N-dealkylation sites (N-methyl/N-ethyl adjacent to an activating group) is 1. The van der Waals surface area contributed by atoms with Gasteiger partial charge in [0.05, 0.1) is 16.6 Å². The van der Waals surface area contributed by atoms with Crippen molar-refractivity contribution in [3.8, 4) is 11.4 Å². The second-order valence-electron chi connectivity index (χ2n) is 8.75. The highest BCUT2D eigenvalue weighted by Gasteiger charge is 2.20. The molecule has 2 saturated heterocycles. The number of benzene rings is 1. The lowest BCUT2D eigenvalue weighted by Gasteiger charge is -2.34. The molecule has 0 aliphatic carbocycles. The Bertz CT molecular complexity index is 1050. The third kappa shape index (κ3) is 4.49. The van der Waals surface area contributed by atoms with E-state index in [-0.39, 0.29) is 0 Å². The Kier molecular flexibility index (Phi) is 6.09. The maximum absolute atomic E-state index is 4.87. The summed E-state index contributed by atoms with van der Waals surface area (Å²) in [5.41, 5.74) is 4.14. The van der Waals surface area contributed by atoms with Crippen molar-refractivity contribution in [2.24, 2.45) is 0 Å². The molecule has 4 heterocycles. The van der Waals surface area contributed by atoms with Crippen LogP contribution in [0.3, 0.4) is 0 Å². The second-order valence-corrected chi connectivity index (χ2v) is 8.75. The first-order valence-electron chi connectivity index (χ1n) is 11.7. The van der Waals surface area contributed by atoms with E-state index in [1.807, 2.05) is 13.1 Å². The molecular formula is C23H33N9. The zero-order valence-electron chi connectivity index (χ0n) is 19.0. The molecule has 170 valence electrons. The van der Waals surface area contributed by atoms with Gasteiger partial charge in [-0.05, 0) is 51.6 Å². The molecule has 2 aromatic heterocycles. The quantitative estimate of drug-likeness (QED) is 0.469. The first kappa shape index (κ1) is 21.0. The van der Waals surface area contributed by atoms with E-state index >= 15 is 0 Å². The van der Waals surface area contributed by atoms with Gasteiger partial charge in [0.2, 0.25) is 5.95 Å². The SMILES string of the molecule is CCNc1ncc(-c2nc3ccc(N4CCN(C)CC4)cc3[nH]2)c(NC2CCCNC2)n1. The summed E-state index contributed by atoms with van der Waals surface area (Å²) in [5, 5.41) is 10.3. The van der Waals surface area contributed by atoms with Crippen LogP contribution in [0.1, 0.15) is 19.8 Å². The van der Waals surface area contributed by atoms with Crippen LogP contribution >= 0.6 is 0 Å². The summed E-state index contributed by atoms with van der Waals surface area (Å²) >= 11 is 0. The molecule has 0 bridgehead atoms. The Labute approximate surface area is 189 Å². The Balaban J connectivity index is 1.45. The van der Waals surface area contributed by atoms with E-state index in [0.29, 0.717) is 12.0 Å². The normalized spacial score (nSPS) is 19.9. The van der Waals surface area contributed by atoms with Crippen LogP contribution in [-0.4, -0.2) is 83.7 Å². The van der Waals surface area contributed by atoms with Crippen molar-refractivity contribution in [2.45, 2.75) is 25.8 Å². The van der Waals surface area contributed by atoms with E-state index in [4.69, 9.17) is 9.97 Å². The summed E-state index contributed by atoms with van der Waals surface area (Å²) in [4.78, 5) is 22.5. The third-order valence-electron chi connectivity index (χ3n) is 6.35. The number of hydrogen-bond donors (Lipinski definition) is 4. The molecule has 3 aromatic rings. The predicted molar refractivity (Wildman–Crippen MR) is 131 cm³/mol. The molecule has 2 fully saturated rings. The highest BCUT2D eigenvalue weighted by molar-refractivity contribution is 5.84. The number of nitrogens with one attached hydrogen (secondary N) is 4. The molecule has 1 atom stereocenters. The summed E-state index contributed by atoms with van der Waals surface area (Å²) in [6, 6.07) is 6.84. The molecule has 2 aliphatic rings. The van der Waals surface area contributed by atoms with Gasteiger partial charge in [-0.2, -0.15) is 4.98 Å². The lowest BCUT2D eigenvalue weighted by Crippen LogP contribution is -2.44. The maximum Gasteiger partial charge on any atom is 0.224 e. The van der Waals surface area contributed by atoms with Crippen LogP contribution in [0.2, 0.25) is 0 Å². The van der Waals surface area contributed by atoms with E-state index in [9.17, 15) is 0 Å². The Morgan fingerprint density at radius 1 is 1.16 bits per heavy atom. The molecule has 1 unspecified atom stereocenters. The minimum atomic E-state index is 0.347. The number of anilines is 3. The van der Waals surface area contributed by atoms with Crippen LogP contribution in [0.25, 0.3) is 22.4 Å². The largest absolute Gasteiger partial charge is 0.369 e. The lowest BCUT2D eigenvalue weighted by molar-refractivity contribution is 0.313. The van der Waals surface area contributed by atoms with Crippen LogP contribution in [0, 0.1) is 0 Å². The number of hydrogen-bond acceptors (Lipinski definition) is 8. The van der Waals surface area contributed by atoms with Crippen molar-refractivity contribution in [1.82, 2.24) is 30.2 Å². The number of aromatic amines is 1. The third-order valence-corrected chi connectivity index (χ3v) is 6.35. The molecular weight excluding hydrogens is 402 g/mol. The van der Waals surface area contributed by atoms with E-state index in [0.717, 1.165) is 86.9 Å². The number of rotatable bonds is 6. The monoisotopic (exact) mass is 435 g/mol. The van der Waals surface area contributed by atoms with Crippen molar-refractivity contribution >= 4 is 28.5 Å². The van der Waals surface area contributed by atoms with Crippen molar-refractivity contribution in [2.75, 3.05) is 68.4 Å². The number of H-pyrrole nitrogens is 1. The standard InChI is InChI=1S/C23H33N9/c1-3-25-23-26-15-18(21(30-23)27-16-5-4-8-24-14-16)22-28-19-7-6-17(13-20(19)29-22)32-11-9-31(2)10-12-32/h6-7,13,15-16,24H,3-5,8-12,14H2,1-2H3,(H,28,29)(H2,25,26,27,30). The predicted octanol–water partition coefficient (Wildman–Crippen LogP) is 2.37. The van der Waals surface area contributed by atoms with E-state index in [1.165, 1.54) is 5.69 Å². The molecule has 1 aromatic carbocycles. The van der Waals surface area contributed by atoms with Crippen LogP contribution in [0.4, 0.5) is 17.5 Å². The van der Waals surface area contributed by atoms with Gasteiger partial charge in [0.25, 0.3) is 0 Å². The zero-order valence-corrected chi connectivity index (χ0v) is 19.0. The van der Waals surface area contributed by atoms with Gasteiger partial charge in [0.1, 0.15) is 11.6 Å². The van der Waals surface area contributed by atoms with Gasteiger partial charge < -0.3 is 30.7 Å². The molecule has 2 aliphatic heterocycles. The van der Waals surface area contributed by atoms with E-state index in [2.05, 4.69) is 61.0 Å². The Hall–Kier alpha value is -2.91. The minimum Gasteiger partial charge on any atom is -0.369 e. The van der Waals surface area contributed by atoms with Gasteiger partial charge in [0, 0.05) is 57.2 Å². The highest BCUT2D eigenvalue weighted by atomic mass is 15.2. The fourth-order valence-electron chi connectivity index (χ4n) is 4.46. The van der Waals surface area contributed by atoms with Gasteiger partial charge in [-0.25, -0.2) is 9.97 Å². The highest BCUT2D eigenvalue weighted by Crippen LogP contribution is 2.29. The fourth-order valence-corrected chi connectivity index (χ4v) is 4.46. The van der Waals surface area contributed by atoms with Gasteiger partial charge in [-0.15, -0.1) is 0 Å². The van der Waals surface area contributed by atoms with E-state index in [1.54, 1.807) is 0 Å². The van der Waals surface area contributed by atoms with Gasteiger partial charge in [-0.3, -0.25) is 0 Å². The minimum absolute atomic E-state index is 0.347. The lowest BCUT2D eigenvalue weighted by atomic mass is 10.1. The van der Waals surface area contributed by atoms with Crippen molar-refractivity contribution < 1.29 is 0 Å². The fraction of sp³-hybridized carbons (Fsp3) is 0.522. The average molecular weight is 436 g/mol. The van der Waals surface area contributed by atoms with Crippen LogP contribution in [0.5, 0.6) is 0 Å². The number of imidazole rings is 1. The summed E-state index contributed by atoms with van der Waals surface area (Å²) in [6.45, 7) is 9.12. The first-order chi connectivity index (χ1) is 15.7. The van der Waals surface area contributed by atoms with Gasteiger partial charge >= 0.3 is 0 Å². The van der Waals surface area contributed by atoms with Crippen LogP contribution in [0.15, 0.2) is 24.4 Å². The summed E-state index contributed by atoms with van der Waals surface area (Å²) < 4.78 is 0. The zero-order chi connectivity index (χ0) is 21.9. The number of piperidine rings is 1. The second kappa shape index (κ2) is 9.30. The molecule has 0 spiro atoms.